The van der Waals surface area contributed by atoms with Gasteiger partial charge in [0.2, 0.25) is 10.0 Å². The van der Waals surface area contributed by atoms with Crippen molar-refractivity contribution in [2.75, 3.05) is 17.1 Å². The predicted octanol–water partition coefficient (Wildman–Crippen LogP) is 3.73. The van der Waals surface area contributed by atoms with Gasteiger partial charge in [-0.1, -0.05) is 17.7 Å². The number of halogens is 4. The van der Waals surface area contributed by atoms with Gasteiger partial charge in [-0.3, -0.25) is 9.10 Å². The zero-order valence-corrected chi connectivity index (χ0v) is 17.0. The number of carbonyl (C=O) groups excluding carboxylic acids is 1. The molecule has 2 aromatic rings. The van der Waals surface area contributed by atoms with E-state index in [-0.39, 0.29) is 5.02 Å². The zero-order chi connectivity index (χ0) is 21.1. The van der Waals surface area contributed by atoms with Crippen LogP contribution in [0.15, 0.2) is 40.8 Å². The van der Waals surface area contributed by atoms with E-state index in [1.54, 1.807) is 19.1 Å². The molecule has 1 N–H and O–H groups in total. The average Bonchev–Trinajstić information content (AvgIpc) is 3.11. The third-order valence-electron chi connectivity index (χ3n) is 3.46. The van der Waals surface area contributed by atoms with Crippen molar-refractivity contribution < 1.29 is 26.4 Å². The van der Waals surface area contributed by atoms with E-state index in [0.717, 1.165) is 23.3 Å². The minimum Gasteiger partial charge on any atom is -0.271 e. The van der Waals surface area contributed by atoms with Gasteiger partial charge in [-0.15, -0.1) is 11.3 Å². The largest absolute Gasteiger partial charge is 0.416 e. The van der Waals surface area contributed by atoms with Crippen molar-refractivity contribution in [3.63, 3.8) is 0 Å². The molecule has 0 saturated carbocycles. The third kappa shape index (κ3) is 5.69. The second-order valence-corrected chi connectivity index (χ2v) is 8.90. The van der Waals surface area contributed by atoms with Crippen LogP contribution in [-0.4, -0.2) is 32.8 Å². The molecule has 0 aliphatic carbocycles. The molecule has 0 unspecified atom stereocenters. The number of nitrogens with zero attached hydrogens (tertiary/aromatic N) is 2. The Morgan fingerprint density at radius 3 is 2.54 bits per heavy atom. The predicted molar refractivity (Wildman–Crippen MR) is 103 cm³/mol. The van der Waals surface area contributed by atoms with Gasteiger partial charge in [-0.05, 0) is 36.6 Å². The standard InChI is InChI=1S/C16H15ClF3N3O3S2/c1-10(14-4-3-7-27-14)21-22-15(24)9-23(28(2,25)26)13-8-11(16(18,19)20)5-6-12(13)17/h3-8H,9H2,1-2H3,(H,22,24)/b21-10+. The molecule has 0 fully saturated rings. The molecule has 1 amide bonds. The summed E-state index contributed by atoms with van der Waals surface area (Å²) in [5.41, 5.74) is 1.14. The summed E-state index contributed by atoms with van der Waals surface area (Å²) in [6.45, 7) is 0.852. The molecule has 0 radical (unpaired) electrons. The van der Waals surface area contributed by atoms with Gasteiger partial charge in [0.1, 0.15) is 6.54 Å². The highest BCUT2D eigenvalue weighted by Crippen LogP contribution is 2.36. The van der Waals surface area contributed by atoms with Crippen LogP contribution < -0.4 is 9.73 Å². The number of nitrogens with one attached hydrogen (secondary N) is 1. The second-order valence-electron chi connectivity index (χ2n) is 5.64. The van der Waals surface area contributed by atoms with Gasteiger partial charge in [-0.2, -0.15) is 18.3 Å². The molecule has 0 aliphatic rings. The van der Waals surface area contributed by atoms with Crippen molar-refractivity contribution in [3.8, 4) is 0 Å². The molecular weight excluding hydrogens is 439 g/mol. The first-order valence-corrected chi connectivity index (χ1v) is 10.7. The van der Waals surface area contributed by atoms with E-state index in [4.69, 9.17) is 11.6 Å². The van der Waals surface area contributed by atoms with E-state index in [1.165, 1.54) is 11.3 Å². The summed E-state index contributed by atoms with van der Waals surface area (Å²) in [7, 11) is -4.11. The Labute approximate surface area is 168 Å². The van der Waals surface area contributed by atoms with Crippen molar-refractivity contribution in [2.45, 2.75) is 13.1 Å². The maximum absolute atomic E-state index is 13.0. The Kier molecular flexibility index (Phi) is 6.73. The van der Waals surface area contributed by atoms with Crippen LogP contribution in [0.3, 0.4) is 0 Å². The molecule has 12 heteroatoms. The van der Waals surface area contributed by atoms with Crippen molar-refractivity contribution >= 4 is 50.3 Å². The number of thiophene rings is 1. The number of alkyl halides is 3. The Balaban J connectivity index is 2.28. The van der Waals surface area contributed by atoms with Gasteiger partial charge in [0.15, 0.2) is 0 Å². The molecule has 0 bridgehead atoms. The molecule has 0 spiro atoms. The lowest BCUT2D eigenvalue weighted by Crippen LogP contribution is -2.39. The molecule has 28 heavy (non-hydrogen) atoms. The molecule has 0 saturated heterocycles. The summed E-state index contributed by atoms with van der Waals surface area (Å²) in [6, 6.07) is 5.80. The van der Waals surface area contributed by atoms with Crippen molar-refractivity contribution in [3.05, 3.63) is 51.2 Å². The fraction of sp³-hybridized carbons (Fsp3) is 0.250. The van der Waals surface area contributed by atoms with Crippen molar-refractivity contribution in [2.24, 2.45) is 5.10 Å². The van der Waals surface area contributed by atoms with Crippen LogP contribution >= 0.6 is 22.9 Å². The maximum atomic E-state index is 13.0. The molecule has 0 aliphatic heterocycles. The average molecular weight is 454 g/mol. The Bertz CT molecular complexity index is 990. The first kappa shape index (κ1) is 22.2. The van der Waals surface area contributed by atoms with E-state index >= 15 is 0 Å². The van der Waals surface area contributed by atoms with Gasteiger partial charge in [-0.25, -0.2) is 13.8 Å². The molecule has 2 rings (SSSR count). The third-order valence-corrected chi connectivity index (χ3v) is 5.88. The lowest BCUT2D eigenvalue weighted by Gasteiger charge is -2.23. The monoisotopic (exact) mass is 453 g/mol. The minimum absolute atomic E-state index is 0.246. The lowest BCUT2D eigenvalue weighted by atomic mass is 10.2. The smallest absolute Gasteiger partial charge is 0.271 e. The Morgan fingerprint density at radius 2 is 2.00 bits per heavy atom. The van der Waals surface area contributed by atoms with Gasteiger partial charge in [0.05, 0.1) is 28.2 Å². The van der Waals surface area contributed by atoms with Gasteiger partial charge < -0.3 is 0 Å². The van der Waals surface area contributed by atoms with Crippen LogP contribution in [0.1, 0.15) is 17.4 Å². The number of carbonyl (C=O) groups is 1. The number of hydrogen-bond acceptors (Lipinski definition) is 5. The van der Waals surface area contributed by atoms with Gasteiger partial charge in [0, 0.05) is 4.88 Å². The Hall–Kier alpha value is -2.11. The topological polar surface area (TPSA) is 78.8 Å². The molecule has 152 valence electrons. The number of amides is 1. The normalized spacial score (nSPS) is 12.7. The van der Waals surface area contributed by atoms with E-state index in [0.29, 0.717) is 16.1 Å². The molecule has 0 atom stereocenters. The molecule has 1 heterocycles. The summed E-state index contributed by atoms with van der Waals surface area (Å²) < 4.78 is 63.5. The van der Waals surface area contributed by atoms with Crippen LogP contribution in [0.25, 0.3) is 0 Å². The van der Waals surface area contributed by atoms with Crippen LogP contribution in [-0.2, 0) is 21.0 Å². The first-order chi connectivity index (χ1) is 12.9. The van der Waals surface area contributed by atoms with E-state index in [1.807, 2.05) is 5.38 Å². The first-order valence-electron chi connectivity index (χ1n) is 7.61. The SMILES string of the molecule is C/C(=N\NC(=O)CN(c1cc(C(F)(F)F)ccc1Cl)S(C)(=O)=O)c1cccs1. The number of hydrogen-bond donors (Lipinski definition) is 1. The second kappa shape index (κ2) is 8.50. The summed E-state index contributed by atoms with van der Waals surface area (Å²) in [4.78, 5) is 12.9. The number of sulfonamides is 1. The number of rotatable bonds is 6. The van der Waals surface area contributed by atoms with Crippen molar-refractivity contribution in [1.82, 2.24) is 5.43 Å². The molecule has 1 aromatic carbocycles. The van der Waals surface area contributed by atoms with Crippen molar-refractivity contribution in [1.29, 1.82) is 0 Å². The van der Waals surface area contributed by atoms with Crippen LogP contribution in [0.5, 0.6) is 0 Å². The quantitative estimate of drug-likeness (QED) is 0.534. The molecule has 6 nitrogen and oxygen atoms in total. The number of hydrazone groups is 1. The summed E-state index contributed by atoms with van der Waals surface area (Å²) >= 11 is 7.29. The highest BCUT2D eigenvalue weighted by atomic mass is 35.5. The van der Waals surface area contributed by atoms with Crippen LogP contribution in [0.4, 0.5) is 18.9 Å². The maximum Gasteiger partial charge on any atom is 0.416 e. The van der Waals surface area contributed by atoms with E-state index in [2.05, 4.69) is 10.5 Å². The summed E-state index contributed by atoms with van der Waals surface area (Å²) in [5, 5.41) is 5.44. The summed E-state index contributed by atoms with van der Waals surface area (Å²) in [6.07, 6.45) is -3.94. The Morgan fingerprint density at radius 1 is 1.32 bits per heavy atom. The summed E-state index contributed by atoms with van der Waals surface area (Å²) in [5.74, 6) is -0.838. The van der Waals surface area contributed by atoms with E-state index < -0.39 is 39.9 Å². The number of benzene rings is 1. The lowest BCUT2D eigenvalue weighted by molar-refractivity contribution is -0.137. The fourth-order valence-electron chi connectivity index (χ4n) is 2.11. The van der Waals surface area contributed by atoms with Crippen LogP contribution in [0, 0.1) is 0 Å². The highest BCUT2D eigenvalue weighted by molar-refractivity contribution is 7.92. The fourth-order valence-corrected chi connectivity index (χ4v) is 3.92. The molecular formula is C16H15ClF3N3O3S2. The van der Waals surface area contributed by atoms with Gasteiger partial charge >= 0.3 is 6.18 Å². The highest BCUT2D eigenvalue weighted by Gasteiger charge is 2.33. The number of anilines is 1. The molecule has 1 aromatic heterocycles. The minimum atomic E-state index is -4.70. The van der Waals surface area contributed by atoms with E-state index in [9.17, 15) is 26.4 Å². The van der Waals surface area contributed by atoms with Crippen LogP contribution in [0.2, 0.25) is 5.02 Å². The van der Waals surface area contributed by atoms with Gasteiger partial charge in [0.25, 0.3) is 5.91 Å². The zero-order valence-electron chi connectivity index (χ0n) is 14.6.